The molecule has 4 aromatic carbocycles. The maximum Gasteiger partial charge on any atom is 0.261 e. The molecule has 0 fully saturated rings. The molecule has 2 N–H and O–H groups in total. The van der Waals surface area contributed by atoms with Crippen LogP contribution in [-0.4, -0.2) is 68.1 Å². The zero-order valence-corrected chi connectivity index (χ0v) is 27.1. The first-order valence-corrected chi connectivity index (χ1v) is 16.8. The molecule has 0 saturated heterocycles. The number of anilines is 1. The number of benzene rings is 4. The van der Waals surface area contributed by atoms with E-state index in [1.165, 1.54) is 12.1 Å². The third-order valence-corrected chi connectivity index (χ3v) is 9.70. The van der Waals surface area contributed by atoms with Crippen molar-refractivity contribution >= 4 is 21.6 Å². The van der Waals surface area contributed by atoms with Crippen LogP contribution in [0.2, 0.25) is 0 Å². The monoisotopic (exact) mass is 645 g/mol. The van der Waals surface area contributed by atoms with Crippen LogP contribution in [0.3, 0.4) is 0 Å². The highest BCUT2D eigenvalue weighted by atomic mass is 32.2. The van der Waals surface area contributed by atoms with E-state index in [1.807, 2.05) is 32.2 Å². The van der Waals surface area contributed by atoms with Crippen molar-refractivity contribution in [2.75, 3.05) is 31.5 Å². The van der Waals surface area contributed by atoms with Crippen LogP contribution >= 0.6 is 0 Å². The molecule has 1 heterocycles. The zero-order chi connectivity index (χ0) is 32.8. The van der Waals surface area contributed by atoms with Crippen molar-refractivity contribution < 1.29 is 27.4 Å². The van der Waals surface area contributed by atoms with E-state index in [4.69, 9.17) is 4.74 Å². The van der Waals surface area contributed by atoms with Gasteiger partial charge in [-0.05, 0) is 73.1 Å². The maximum absolute atomic E-state index is 13.6. The van der Waals surface area contributed by atoms with E-state index in [-0.39, 0.29) is 41.5 Å². The third-order valence-electron chi connectivity index (χ3n) is 8.30. The normalized spacial score (nSPS) is 17.8. The third kappa shape index (κ3) is 8.12. The van der Waals surface area contributed by atoms with Crippen molar-refractivity contribution in [3.8, 4) is 16.9 Å². The van der Waals surface area contributed by atoms with Gasteiger partial charge in [-0.2, -0.15) is 0 Å². The fourth-order valence-corrected chi connectivity index (χ4v) is 6.70. The number of amides is 1. The standard InChI is InChI=1S/C36H40FN3O5S/c1-25-21-40(26(2)24-41)36(42)20-30-19-32(38-46(43,44)33-16-13-31(37)14-17-33)15-18-34(30)45-35(25)23-39(3)22-27-9-11-29(12-10-27)28-7-5-4-6-8-28/h4-19,25-26,35,38,41H,20-24H2,1-3H3/t25-,26-,35-/m0/s1. The molecule has 0 spiro atoms. The Morgan fingerprint density at radius 2 is 1.67 bits per heavy atom. The molecule has 242 valence electrons. The molecular weight excluding hydrogens is 605 g/mol. The molecule has 0 aromatic heterocycles. The first-order valence-electron chi connectivity index (χ1n) is 15.3. The first kappa shape index (κ1) is 33.1. The first-order chi connectivity index (χ1) is 22.0. The highest BCUT2D eigenvalue weighted by molar-refractivity contribution is 7.92. The summed E-state index contributed by atoms with van der Waals surface area (Å²) in [7, 11) is -1.97. The Bertz CT molecular complexity index is 1730. The van der Waals surface area contributed by atoms with Gasteiger partial charge in [-0.15, -0.1) is 0 Å². The molecule has 0 bridgehead atoms. The van der Waals surface area contributed by atoms with Gasteiger partial charge < -0.3 is 14.7 Å². The van der Waals surface area contributed by atoms with Crippen molar-refractivity contribution in [1.29, 1.82) is 0 Å². The van der Waals surface area contributed by atoms with Crippen LogP contribution in [0.4, 0.5) is 10.1 Å². The summed E-state index contributed by atoms with van der Waals surface area (Å²) in [6.07, 6.45) is -0.345. The number of nitrogens with one attached hydrogen (secondary N) is 1. The van der Waals surface area contributed by atoms with E-state index in [2.05, 4.69) is 46.0 Å². The van der Waals surface area contributed by atoms with Crippen LogP contribution in [0.15, 0.2) is 102 Å². The quantitative estimate of drug-likeness (QED) is 0.234. The molecule has 8 nitrogen and oxygen atoms in total. The number of sulfonamides is 1. The van der Waals surface area contributed by atoms with Crippen LogP contribution < -0.4 is 9.46 Å². The summed E-state index contributed by atoms with van der Waals surface area (Å²) >= 11 is 0. The summed E-state index contributed by atoms with van der Waals surface area (Å²) in [5.74, 6) is -0.314. The number of hydrogen-bond acceptors (Lipinski definition) is 6. The Balaban J connectivity index is 1.37. The molecule has 0 radical (unpaired) electrons. The number of likely N-dealkylation sites (N-methyl/N-ethyl adjacent to an activating group) is 1. The van der Waals surface area contributed by atoms with Gasteiger partial charge in [-0.1, -0.05) is 61.5 Å². The van der Waals surface area contributed by atoms with E-state index in [0.717, 1.165) is 28.8 Å². The Morgan fingerprint density at radius 1 is 1.00 bits per heavy atom. The lowest BCUT2D eigenvalue weighted by molar-refractivity contribution is -0.134. The summed E-state index contributed by atoms with van der Waals surface area (Å²) in [6.45, 7) is 5.30. The average Bonchev–Trinajstić information content (AvgIpc) is 3.08. The molecule has 3 atom stereocenters. The molecule has 1 aliphatic heterocycles. The second-order valence-electron chi connectivity index (χ2n) is 12.0. The number of ether oxygens (including phenoxy) is 1. The Kier molecular flexibility index (Phi) is 10.4. The minimum atomic E-state index is -4.00. The summed E-state index contributed by atoms with van der Waals surface area (Å²) in [5.41, 5.74) is 4.25. The van der Waals surface area contributed by atoms with Gasteiger partial charge in [0.25, 0.3) is 10.0 Å². The summed E-state index contributed by atoms with van der Waals surface area (Å²) in [5, 5.41) is 9.95. The molecule has 1 amide bonds. The van der Waals surface area contributed by atoms with Crippen molar-refractivity contribution in [3.63, 3.8) is 0 Å². The van der Waals surface area contributed by atoms with Gasteiger partial charge in [-0.3, -0.25) is 14.4 Å². The van der Waals surface area contributed by atoms with E-state index in [1.54, 1.807) is 30.0 Å². The van der Waals surface area contributed by atoms with Crippen molar-refractivity contribution in [3.05, 3.63) is 114 Å². The molecule has 5 rings (SSSR count). The van der Waals surface area contributed by atoms with Gasteiger partial charge in [0.1, 0.15) is 17.7 Å². The highest BCUT2D eigenvalue weighted by Gasteiger charge is 2.31. The highest BCUT2D eigenvalue weighted by Crippen LogP contribution is 2.30. The predicted molar refractivity (Wildman–Crippen MR) is 177 cm³/mol. The number of nitrogens with zero attached hydrogens (tertiary/aromatic N) is 2. The molecule has 0 unspecified atom stereocenters. The number of fused-ring (bicyclic) bond motifs is 1. The lowest BCUT2D eigenvalue weighted by atomic mass is 10.0. The second-order valence-corrected chi connectivity index (χ2v) is 13.7. The Hall–Kier alpha value is -4.25. The molecule has 46 heavy (non-hydrogen) atoms. The largest absolute Gasteiger partial charge is 0.488 e. The molecule has 1 aliphatic rings. The molecular formula is C36H40FN3O5S. The Morgan fingerprint density at radius 3 is 2.35 bits per heavy atom. The predicted octanol–water partition coefficient (Wildman–Crippen LogP) is 5.57. The minimum Gasteiger partial charge on any atom is -0.488 e. The fourth-order valence-electron chi connectivity index (χ4n) is 5.66. The number of aliphatic hydroxyl groups is 1. The summed E-state index contributed by atoms with van der Waals surface area (Å²) in [4.78, 5) is 17.3. The number of aliphatic hydroxyl groups excluding tert-OH is 1. The summed E-state index contributed by atoms with van der Waals surface area (Å²) < 4.78 is 48.5. The number of carbonyl (C=O) groups is 1. The summed E-state index contributed by atoms with van der Waals surface area (Å²) in [6, 6.07) is 27.7. The SMILES string of the molecule is C[C@H]1CN([C@@H](C)CO)C(=O)Cc2cc(NS(=O)(=O)c3ccc(F)cc3)ccc2O[C@H]1CN(C)Cc1ccc(-c2ccccc2)cc1. The van der Waals surface area contributed by atoms with E-state index in [0.29, 0.717) is 30.9 Å². The molecule has 10 heteroatoms. The van der Waals surface area contributed by atoms with Gasteiger partial charge in [-0.25, -0.2) is 12.8 Å². The van der Waals surface area contributed by atoms with Crippen LogP contribution in [0.5, 0.6) is 5.75 Å². The van der Waals surface area contributed by atoms with Crippen molar-refractivity contribution in [2.24, 2.45) is 5.92 Å². The maximum atomic E-state index is 13.6. The van der Waals surface area contributed by atoms with E-state index in [9.17, 15) is 22.7 Å². The van der Waals surface area contributed by atoms with Gasteiger partial charge in [0.15, 0.2) is 0 Å². The molecule has 0 saturated carbocycles. The van der Waals surface area contributed by atoms with E-state index < -0.39 is 21.9 Å². The number of halogens is 1. The fraction of sp³-hybridized carbons (Fsp3) is 0.306. The zero-order valence-electron chi connectivity index (χ0n) is 26.3. The average molecular weight is 646 g/mol. The van der Waals surface area contributed by atoms with Crippen LogP contribution in [0.1, 0.15) is 25.0 Å². The van der Waals surface area contributed by atoms with Crippen LogP contribution in [-0.2, 0) is 27.8 Å². The van der Waals surface area contributed by atoms with Crippen molar-refractivity contribution in [2.45, 2.75) is 43.9 Å². The molecule has 4 aromatic rings. The molecule has 0 aliphatic carbocycles. The number of hydrogen-bond donors (Lipinski definition) is 2. The van der Waals surface area contributed by atoms with Gasteiger partial charge >= 0.3 is 0 Å². The number of rotatable bonds is 10. The Labute approximate surface area is 270 Å². The van der Waals surface area contributed by atoms with Crippen molar-refractivity contribution in [1.82, 2.24) is 9.80 Å². The topological polar surface area (TPSA) is 99.2 Å². The van der Waals surface area contributed by atoms with Gasteiger partial charge in [0.2, 0.25) is 5.91 Å². The second kappa shape index (κ2) is 14.5. The lowest BCUT2D eigenvalue weighted by Gasteiger charge is -2.34. The van der Waals surface area contributed by atoms with Crippen LogP contribution in [0.25, 0.3) is 11.1 Å². The smallest absolute Gasteiger partial charge is 0.261 e. The van der Waals surface area contributed by atoms with Gasteiger partial charge in [0, 0.05) is 36.8 Å². The van der Waals surface area contributed by atoms with E-state index >= 15 is 0 Å². The minimum absolute atomic E-state index is 0.0329. The number of carbonyl (C=O) groups excluding carboxylic acids is 1. The van der Waals surface area contributed by atoms with Crippen LogP contribution in [0, 0.1) is 11.7 Å². The lowest BCUT2D eigenvalue weighted by Crippen LogP contribution is -2.47. The van der Waals surface area contributed by atoms with Gasteiger partial charge in [0.05, 0.1) is 24.0 Å².